The number of hydrogen-bond acceptors (Lipinski definition) is 3. The molecule has 1 spiro atoms. The van der Waals surface area contributed by atoms with Gasteiger partial charge in [-0.25, -0.2) is 4.39 Å². The number of piperazine rings is 1. The van der Waals surface area contributed by atoms with Gasteiger partial charge in [-0.05, 0) is 36.6 Å². The molecule has 0 bridgehead atoms. The van der Waals surface area contributed by atoms with Crippen LogP contribution in [0.2, 0.25) is 0 Å². The summed E-state index contributed by atoms with van der Waals surface area (Å²) in [7, 11) is 0. The summed E-state index contributed by atoms with van der Waals surface area (Å²) in [5.74, 6) is 0.854. The quantitative estimate of drug-likeness (QED) is 0.836. The van der Waals surface area contributed by atoms with Gasteiger partial charge >= 0.3 is 0 Å². The summed E-state index contributed by atoms with van der Waals surface area (Å²) in [5.41, 5.74) is 1.95. The number of para-hydroxylation sites is 1. The second-order valence-electron chi connectivity index (χ2n) is 7.81. The molecule has 28 heavy (non-hydrogen) atoms. The van der Waals surface area contributed by atoms with Crippen LogP contribution >= 0.6 is 12.4 Å². The lowest BCUT2D eigenvalue weighted by atomic mass is 9.87. The summed E-state index contributed by atoms with van der Waals surface area (Å²) >= 11 is 0. The fourth-order valence-corrected chi connectivity index (χ4v) is 4.86. The first-order valence-corrected chi connectivity index (χ1v) is 9.68. The fourth-order valence-electron chi connectivity index (χ4n) is 4.86. The predicted molar refractivity (Wildman–Crippen MR) is 107 cm³/mol. The van der Waals surface area contributed by atoms with Gasteiger partial charge in [0.25, 0.3) is 0 Å². The van der Waals surface area contributed by atoms with E-state index in [1.165, 1.54) is 11.6 Å². The van der Waals surface area contributed by atoms with Gasteiger partial charge in [-0.1, -0.05) is 30.3 Å². The first-order valence-electron chi connectivity index (χ1n) is 9.68. The summed E-state index contributed by atoms with van der Waals surface area (Å²) in [6.45, 7) is 2.76. The summed E-state index contributed by atoms with van der Waals surface area (Å²) in [6, 6.07) is 14.6. The Morgan fingerprint density at radius 1 is 1.21 bits per heavy atom. The van der Waals surface area contributed by atoms with Gasteiger partial charge in [0, 0.05) is 36.5 Å². The molecule has 2 aromatic rings. The third kappa shape index (κ3) is 3.07. The summed E-state index contributed by atoms with van der Waals surface area (Å²) in [5, 5.41) is 3.35. The molecule has 5 rings (SSSR count). The minimum absolute atomic E-state index is 0. The lowest BCUT2D eigenvalue weighted by molar-refractivity contribution is -0.136. The number of fused-ring (bicyclic) bond motifs is 2. The number of rotatable bonds is 2. The van der Waals surface area contributed by atoms with Crippen molar-refractivity contribution in [2.24, 2.45) is 5.92 Å². The SMILES string of the molecule is Cl.O=C(C1CC12CCOc1ccccc12)N1CCNCC1c1cccc(F)c1. The van der Waals surface area contributed by atoms with Crippen LogP contribution in [0, 0.1) is 11.7 Å². The smallest absolute Gasteiger partial charge is 0.227 e. The van der Waals surface area contributed by atoms with E-state index in [0.717, 1.165) is 30.7 Å². The Morgan fingerprint density at radius 2 is 2.07 bits per heavy atom. The van der Waals surface area contributed by atoms with Gasteiger partial charge < -0.3 is 15.0 Å². The zero-order valence-electron chi connectivity index (χ0n) is 15.6. The molecule has 148 valence electrons. The van der Waals surface area contributed by atoms with Crippen LogP contribution in [0.4, 0.5) is 4.39 Å². The Hall–Kier alpha value is -2.11. The zero-order valence-corrected chi connectivity index (χ0v) is 16.4. The first-order chi connectivity index (χ1) is 13.2. The summed E-state index contributed by atoms with van der Waals surface area (Å²) in [6.07, 6.45) is 1.77. The van der Waals surface area contributed by atoms with Gasteiger partial charge in [0.15, 0.2) is 0 Å². The maximum absolute atomic E-state index is 13.7. The number of hydrogen-bond donors (Lipinski definition) is 1. The number of benzene rings is 2. The Labute approximate surface area is 170 Å². The van der Waals surface area contributed by atoms with Gasteiger partial charge in [-0.3, -0.25) is 4.79 Å². The van der Waals surface area contributed by atoms with Crippen molar-refractivity contribution in [1.29, 1.82) is 0 Å². The highest BCUT2D eigenvalue weighted by molar-refractivity contribution is 5.86. The van der Waals surface area contributed by atoms with E-state index in [0.29, 0.717) is 19.7 Å². The number of amides is 1. The molecule has 1 saturated carbocycles. The number of nitrogens with zero attached hydrogens (tertiary/aromatic N) is 1. The van der Waals surface area contributed by atoms with E-state index in [4.69, 9.17) is 4.74 Å². The molecule has 1 N–H and O–H groups in total. The number of halogens is 2. The van der Waals surface area contributed by atoms with E-state index >= 15 is 0 Å². The van der Waals surface area contributed by atoms with Crippen LogP contribution < -0.4 is 10.1 Å². The van der Waals surface area contributed by atoms with E-state index in [9.17, 15) is 9.18 Å². The Kier molecular flexibility index (Phi) is 5.06. The summed E-state index contributed by atoms with van der Waals surface area (Å²) in [4.78, 5) is 15.4. The molecule has 0 aromatic heterocycles. The topological polar surface area (TPSA) is 41.6 Å². The Balaban J connectivity index is 0.00000192. The molecule has 2 aromatic carbocycles. The molecule has 3 atom stereocenters. The second kappa shape index (κ2) is 7.37. The number of nitrogens with one attached hydrogen (secondary N) is 1. The molecule has 6 heteroatoms. The minimum Gasteiger partial charge on any atom is -0.493 e. The standard InChI is InChI=1S/C22H23FN2O2.ClH/c23-16-5-3-4-15(12-16)19-14-24-9-10-25(19)21(26)18-13-22(18)8-11-27-20-7-2-1-6-17(20)22;/h1-7,12,18-19,24H,8-11,13-14H2;1H. The molecule has 4 nitrogen and oxygen atoms in total. The lowest BCUT2D eigenvalue weighted by Gasteiger charge is -2.37. The molecule has 1 amide bonds. The molecule has 3 aliphatic rings. The van der Waals surface area contributed by atoms with Crippen LogP contribution in [-0.4, -0.2) is 37.0 Å². The molecule has 3 unspecified atom stereocenters. The van der Waals surface area contributed by atoms with Crippen LogP contribution in [0.5, 0.6) is 5.75 Å². The molecule has 2 fully saturated rings. The molecule has 2 heterocycles. The second-order valence-corrected chi connectivity index (χ2v) is 7.81. The van der Waals surface area contributed by atoms with Crippen molar-refractivity contribution in [2.45, 2.75) is 24.3 Å². The number of ether oxygens (including phenoxy) is 1. The van der Waals surface area contributed by atoms with Crippen molar-refractivity contribution in [1.82, 2.24) is 10.2 Å². The molecule has 2 aliphatic heterocycles. The van der Waals surface area contributed by atoms with Crippen LogP contribution in [0.25, 0.3) is 0 Å². The highest BCUT2D eigenvalue weighted by Gasteiger charge is 2.62. The average Bonchev–Trinajstić information content (AvgIpc) is 3.42. The van der Waals surface area contributed by atoms with E-state index < -0.39 is 0 Å². The van der Waals surface area contributed by atoms with E-state index in [1.807, 2.05) is 29.2 Å². The van der Waals surface area contributed by atoms with E-state index in [1.54, 1.807) is 12.1 Å². The minimum atomic E-state index is -0.258. The third-order valence-electron chi connectivity index (χ3n) is 6.36. The van der Waals surface area contributed by atoms with Crippen LogP contribution in [0.15, 0.2) is 48.5 Å². The molecule has 1 saturated heterocycles. The van der Waals surface area contributed by atoms with E-state index in [2.05, 4.69) is 11.4 Å². The van der Waals surface area contributed by atoms with E-state index in [-0.39, 0.29) is 41.5 Å². The van der Waals surface area contributed by atoms with Crippen molar-refractivity contribution >= 4 is 18.3 Å². The zero-order chi connectivity index (χ0) is 18.4. The van der Waals surface area contributed by atoms with Crippen molar-refractivity contribution in [3.05, 3.63) is 65.5 Å². The Bertz CT molecular complexity index is 892. The third-order valence-corrected chi connectivity index (χ3v) is 6.36. The molecule has 0 radical (unpaired) electrons. The van der Waals surface area contributed by atoms with Crippen molar-refractivity contribution in [3.63, 3.8) is 0 Å². The molecular formula is C22H24ClFN2O2. The van der Waals surface area contributed by atoms with Crippen LogP contribution in [0.3, 0.4) is 0 Å². The maximum Gasteiger partial charge on any atom is 0.227 e. The highest BCUT2D eigenvalue weighted by atomic mass is 35.5. The maximum atomic E-state index is 13.7. The van der Waals surface area contributed by atoms with Gasteiger partial charge in [-0.15, -0.1) is 12.4 Å². The lowest BCUT2D eigenvalue weighted by Crippen LogP contribution is -2.50. The van der Waals surface area contributed by atoms with Gasteiger partial charge in [0.2, 0.25) is 5.91 Å². The van der Waals surface area contributed by atoms with Crippen LogP contribution in [-0.2, 0) is 10.2 Å². The van der Waals surface area contributed by atoms with Gasteiger partial charge in [0.1, 0.15) is 11.6 Å². The molecule has 1 aliphatic carbocycles. The number of carbonyl (C=O) groups is 1. The van der Waals surface area contributed by atoms with Crippen molar-refractivity contribution in [2.75, 3.05) is 26.2 Å². The normalized spacial score (nSPS) is 28.1. The van der Waals surface area contributed by atoms with Crippen molar-refractivity contribution < 1.29 is 13.9 Å². The predicted octanol–water partition coefficient (Wildman–Crippen LogP) is 3.46. The van der Waals surface area contributed by atoms with Gasteiger partial charge in [0.05, 0.1) is 12.6 Å². The largest absolute Gasteiger partial charge is 0.493 e. The molecular weight excluding hydrogens is 379 g/mol. The highest BCUT2D eigenvalue weighted by Crippen LogP contribution is 2.61. The van der Waals surface area contributed by atoms with Crippen LogP contribution in [0.1, 0.15) is 30.0 Å². The van der Waals surface area contributed by atoms with Gasteiger partial charge in [-0.2, -0.15) is 0 Å². The van der Waals surface area contributed by atoms with Crippen molar-refractivity contribution in [3.8, 4) is 5.75 Å². The monoisotopic (exact) mass is 402 g/mol. The fraction of sp³-hybridized carbons (Fsp3) is 0.409. The number of carbonyl (C=O) groups excluding carboxylic acids is 1. The summed E-state index contributed by atoms with van der Waals surface area (Å²) < 4.78 is 19.5. The first kappa shape index (κ1) is 19.2. The Morgan fingerprint density at radius 3 is 2.93 bits per heavy atom. The average molecular weight is 403 g/mol.